The molecule has 0 unspecified atom stereocenters. The van der Waals surface area contributed by atoms with Crippen molar-refractivity contribution in [3.63, 3.8) is 0 Å². The first kappa shape index (κ1) is 15.6. The van der Waals surface area contributed by atoms with Crippen molar-refractivity contribution in [1.82, 2.24) is 5.32 Å². The number of hydrogen-bond acceptors (Lipinski definition) is 2. The average molecular weight is 304 g/mol. The van der Waals surface area contributed by atoms with Gasteiger partial charge in [-0.3, -0.25) is 4.79 Å². The zero-order chi connectivity index (χ0) is 16.2. The topological polar surface area (TPSA) is 52.9 Å². The molecule has 0 radical (unpaired) electrons. The van der Waals surface area contributed by atoms with Crippen LogP contribution >= 0.6 is 0 Å². The van der Waals surface area contributed by atoms with E-state index in [4.69, 9.17) is 5.26 Å². The third-order valence-corrected chi connectivity index (χ3v) is 3.01. The highest BCUT2D eigenvalue weighted by atomic mass is 19.4. The van der Waals surface area contributed by atoms with Crippen LogP contribution in [0.1, 0.15) is 27.0 Å². The van der Waals surface area contributed by atoms with Crippen LogP contribution in [-0.4, -0.2) is 5.91 Å². The summed E-state index contributed by atoms with van der Waals surface area (Å²) in [4.78, 5) is 11.9. The maximum Gasteiger partial charge on any atom is 0.416 e. The second-order valence-corrected chi connectivity index (χ2v) is 4.57. The smallest absolute Gasteiger partial charge is 0.348 e. The van der Waals surface area contributed by atoms with Crippen molar-refractivity contribution in [2.24, 2.45) is 0 Å². The molecule has 0 saturated carbocycles. The Hall–Kier alpha value is -2.81. The molecule has 2 rings (SSSR count). The van der Waals surface area contributed by atoms with Gasteiger partial charge in [0.1, 0.15) is 0 Å². The highest BCUT2D eigenvalue weighted by molar-refractivity contribution is 5.94. The van der Waals surface area contributed by atoms with Gasteiger partial charge in [0.15, 0.2) is 0 Å². The summed E-state index contributed by atoms with van der Waals surface area (Å²) in [6.45, 7) is 0.122. The molecule has 1 amide bonds. The molecule has 2 aromatic rings. The van der Waals surface area contributed by atoms with Crippen LogP contribution < -0.4 is 5.32 Å². The SMILES string of the molecule is N#Cc1ccc(C(=O)NCc2ccc(C(F)(F)F)cc2)cc1. The van der Waals surface area contributed by atoms with E-state index in [0.717, 1.165) is 12.1 Å². The van der Waals surface area contributed by atoms with E-state index < -0.39 is 11.7 Å². The maximum absolute atomic E-state index is 12.4. The van der Waals surface area contributed by atoms with Crippen LogP contribution in [0.4, 0.5) is 13.2 Å². The zero-order valence-corrected chi connectivity index (χ0v) is 11.3. The minimum atomic E-state index is -4.37. The van der Waals surface area contributed by atoms with E-state index in [1.807, 2.05) is 6.07 Å². The minimum absolute atomic E-state index is 0.122. The molecule has 0 saturated heterocycles. The number of halogens is 3. The largest absolute Gasteiger partial charge is 0.416 e. The first-order valence-electron chi connectivity index (χ1n) is 6.34. The lowest BCUT2D eigenvalue weighted by atomic mass is 10.1. The average Bonchev–Trinajstić information content (AvgIpc) is 2.52. The summed E-state index contributed by atoms with van der Waals surface area (Å²) < 4.78 is 37.3. The Kier molecular flexibility index (Phi) is 4.47. The van der Waals surface area contributed by atoms with E-state index >= 15 is 0 Å². The van der Waals surface area contributed by atoms with Gasteiger partial charge in [0, 0.05) is 12.1 Å². The van der Waals surface area contributed by atoms with Crippen molar-refractivity contribution in [2.45, 2.75) is 12.7 Å². The summed E-state index contributed by atoms with van der Waals surface area (Å²) in [6, 6.07) is 12.6. The van der Waals surface area contributed by atoms with Crippen molar-refractivity contribution in [3.05, 3.63) is 70.8 Å². The van der Waals surface area contributed by atoms with Crippen molar-refractivity contribution >= 4 is 5.91 Å². The predicted octanol–water partition coefficient (Wildman–Crippen LogP) is 3.51. The molecule has 1 N–H and O–H groups in total. The highest BCUT2D eigenvalue weighted by Crippen LogP contribution is 2.29. The zero-order valence-electron chi connectivity index (χ0n) is 11.3. The lowest BCUT2D eigenvalue weighted by Crippen LogP contribution is -2.22. The van der Waals surface area contributed by atoms with Crippen molar-refractivity contribution in [2.75, 3.05) is 0 Å². The summed E-state index contributed by atoms with van der Waals surface area (Å²) in [5.41, 5.74) is 0.662. The third kappa shape index (κ3) is 3.85. The van der Waals surface area contributed by atoms with Gasteiger partial charge in [0.25, 0.3) is 5.91 Å². The first-order chi connectivity index (χ1) is 10.4. The number of nitrogens with one attached hydrogen (secondary N) is 1. The summed E-state index contributed by atoms with van der Waals surface area (Å²) in [6.07, 6.45) is -4.37. The summed E-state index contributed by atoms with van der Waals surface area (Å²) >= 11 is 0. The van der Waals surface area contributed by atoms with Crippen LogP contribution in [0.25, 0.3) is 0 Å². The van der Waals surface area contributed by atoms with Gasteiger partial charge in [-0.2, -0.15) is 18.4 Å². The van der Waals surface area contributed by atoms with E-state index in [-0.39, 0.29) is 12.5 Å². The molecule has 0 spiro atoms. The van der Waals surface area contributed by atoms with Crippen molar-refractivity contribution in [3.8, 4) is 6.07 Å². The van der Waals surface area contributed by atoms with Gasteiger partial charge in [0.2, 0.25) is 0 Å². The van der Waals surface area contributed by atoms with Crippen LogP contribution in [0.15, 0.2) is 48.5 Å². The fraction of sp³-hybridized carbons (Fsp3) is 0.125. The van der Waals surface area contributed by atoms with E-state index in [1.54, 1.807) is 0 Å². The van der Waals surface area contributed by atoms with Gasteiger partial charge in [-0.05, 0) is 42.0 Å². The van der Waals surface area contributed by atoms with Gasteiger partial charge in [-0.15, -0.1) is 0 Å². The lowest BCUT2D eigenvalue weighted by molar-refractivity contribution is -0.137. The van der Waals surface area contributed by atoms with Gasteiger partial charge in [-0.25, -0.2) is 0 Å². The molecule has 0 aliphatic rings. The van der Waals surface area contributed by atoms with E-state index in [1.165, 1.54) is 36.4 Å². The monoisotopic (exact) mass is 304 g/mol. The molecular formula is C16H11F3N2O. The number of carbonyl (C=O) groups excluding carboxylic acids is 1. The molecule has 112 valence electrons. The Bertz CT molecular complexity index is 698. The van der Waals surface area contributed by atoms with E-state index in [9.17, 15) is 18.0 Å². The number of nitrogens with zero attached hydrogens (tertiary/aromatic N) is 1. The number of hydrogen-bond donors (Lipinski definition) is 1. The second-order valence-electron chi connectivity index (χ2n) is 4.57. The number of benzene rings is 2. The number of nitriles is 1. The Balaban J connectivity index is 1.97. The van der Waals surface area contributed by atoms with Crippen molar-refractivity contribution in [1.29, 1.82) is 5.26 Å². The number of amides is 1. The molecule has 0 fully saturated rings. The number of rotatable bonds is 3. The molecule has 0 atom stereocenters. The molecular weight excluding hydrogens is 293 g/mol. The molecule has 0 aliphatic heterocycles. The third-order valence-electron chi connectivity index (χ3n) is 3.01. The fourth-order valence-corrected chi connectivity index (χ4v) is 1.79. The van der Waals surface area contributed by atoms with E-state index in [2.05, 4.69) is 5.32 Å². The summed E-state index contributed by atoms with van der Waals surface area (Å²) in [7, 11) is 0. The van der Waals surface area contributed by atoms with E-state index in [0.29, 0.717) is 16.7 Å². The highest BCUT2D eigenvalue weighted by Gasteiger charge is 2.29. The maximum atomic E-state index is 12.4. The Morgan fingerprint density at radius 3 is 2.14 bits per heavy atom. The second kappa shape index (κ2) is 6.31. The lowest BCUT2D eigenvalue weighted by Gasteiger charge is -2.08. The van der Waals surface area contributed by atoms with Crippen LogP contribution in [-0.2, 0) is 12.7 Å². The molecule has 0 aromatic heterocycles. The van der Waals surface area contributed by atoms with Crippen LogP contribution in [0.3, 0.4) is 0 Å². The molecule has 0 aliphatic carbocycles. The first-order valence-corrected chi connectivity index (χ1v) is 6.34. The normalized spacial score (nSPS) is 10.8. The van der Waals surface area contributed by atoms with Crippen LogP contribution in [0.2, 0.25) is 0 Å². The Morgan fingerprint density at radius 1 is 1.05 bits per heavy atom. The Morgan fingerprint density at radius 2 is 1.64 bits per heavy atom. The minimum Gasteiger partial charge on any atom is -0.348 e. The Labute approximate surface area is 125 Å². The molecule has 22 heavy (non-hydrogen) atoms. The van der Waals surface area contributed by atoms with Gasteiger partial charge in [-0.1, -0.05) is 12.1 Å². The molecule has 3 nitrogen and oxygen atoms in total. The number of alkyl halides is 3. The quantitative estimate of drug-likeness (QED) is 0.943. The summed E-state index contributed by atoms with van der Waals surface area (Å²) in [5, 5.41) is 11.3. The standard InChI is InChI=1S/C16H11F3N2O/c17-16(18,19)14-7-3-12(4-8-14)10-21-15(22)13-5-1-11(9-20)2-6-13/h1-8H,10H2,(H,21,22). The fourth-order valence-electron chi connectivity index (χ4n) is 1.79. The van der Waals surface area contributed by atoms with Crippen LogP contribution in [0.5, 0.6) is 0 Å². The molecule has 0 bridgehead atoms. The van der Waals surface area contributed by atoms with Gasteiger partial charge in [0.05, 0.1) is 17.2 Å². The molecule has 2 aromatic carbocycles. The van der Waals surface area contributed by atoms with Gasteiger partial charge < -0.3 is 5.32 Å². The molecule has 6 heteroatoms. The molecule has 0 heterocycles. The van der Waals surface area contributed by atoms with Crippen molar-refractivity contribution < 1.29 is 18.0 Å². The van der Waals surface area contributed by atoms with Gasteiger partial charge >= 0.3 is 6.18 Å². The van der Waals surface area contributed by atoms with Crippen LogP contribution in [0, 0.1) is 11.3 Å². The number of carbonyl (C=O) groups is 1. The summed E-state index contributed by atoms with van der Waals surface area (Å²) in [5.74, 6) is -0.357. The predicted molar refractivity (Wildman–Crippen MR) is 73.8 cm³/mol.